The number of rotatable bonds is 2. The largest absolute Gasteiger partial charge is 0.508 e. The predicted molar refractivity (Wildman–Crippen MR) is 75.4 cm³/mol. The Kier molecular flexibility index (Phi) is 2.80. The number of phenols is 1. The second-order valence-corrected chi connectivity index (χ2v) is 4.28. The second-order valence-electron chi connectivity index (χ2n) is 4.28. The molecule has 1 heterocycles. The van der Waals surface area contributed by atoms with Gasteiger partial charge in [0, 0.05) is 10.9 Å². The quantitative estimate of drug-likeness (QED) is 0.756. The summed E-state index contributed by atoms with van der Waals surface area (Å²) in [5.41, 5.74) is 2.79. The Labute approximate surface area is 111 Å². The minimum atomic E-state index is 0.247. The van der Waals surface area contributed by atoms with Crippen LogP contribution in [-0.4, -0.2) is 17.2 Å². The van der Waals surface area contributed by atoms with Crippen LogP contribution in [0.5, 0.6) is 11.6 Å². The van der Waals surface area contributed by atoms with Gasteiger partial charge in [-0.15, -0.1) is 0 Å². The van der Waals surface area contributed by atoms with E-state index in [2.05, 4.69) is 4.98 Å². The van der Waals surface area contributed by atoms with Crippen molar-refractivity contribution in [2.45, 2.75) is 0 Å². The average molecular weight is 251 g/mol. The zero-order chi connectivity index (χ0) is 13.2. The van der Waals surface area contributed by atoms with Crippen molar-refractivity contribution in [2.24, 2.45) is 0 Å². The second kappa shape index (κ2) is 4.61. The Morgan fingerprint density at radius 2 is 1.74 bits per heavy atom. The van der Waals surface area contributed by atoms with Gasteiger partial charge in [-0.2, -0.15) is 0 Å². The lowest BCUT2D eigenvalue weighted by atomic mass is 10.0. The maximum Gasteiger partial charge on any atom is 0.221 e. The third kappa shape index (κ3) is 2.10. The molecule has 0 spiro atoms. The third-order valence-corrected chi connectivity index (χ3v) is 3.06. The molecule has 3 heteroatoms. The lowest BCUT2D eigenvalue weighted by Gasteiger charge is -2.09. The van der Waals surface area contributed by atoms with Crippen molar-refractivity contribution in [2.75, 3.05) is 7.11 Å². The van der Waals surface area contributed by atoms with Gasteiger partial charge in [0.2, 0.25) is 5.88 Å². The van der Waals surface area contributed by atoms with Crippen LogP contribution < -0.4 is 4.74 Å². The molecule has 0 bridgehead atoms. The van der Waals surface area contributed by atoms with E-state index in [0.717, 1.165) is 22.0 Å². The van der Waals surface area contributed by atoms with Gasteiger partial charge in [0.15, 0.2) is 0 Å². The molecule has 2 aromatic carbocycles. The van der Waals surface area contributed by atoms with Gasteiger partial charge in [-0.05, 0) is 29.8 Å². The zero-order valence-electron chi connectivity index (χ0n) is 10.5. The van der Waals surface area contributed by atoms with E-state index in [1.54, 1.807) is 19.2 Å². The predicted octanol–water partition coefficient (Wildman–Crippen LogP) is 3.62. The molecule has 0 saturated carbocycles. The first-order valence-electron chi connectivity index (χ1n) is 6.01. The Morgan fingerprint density at radius 3 is 2.47 bits per heavy atom. The lowest BCUT2D eigenvalue weighted by Crippen LogP contribution is -1.92. The van der Waals surface area contributed by atoms with E-state index in [-0.39, 0.29) is 5.75 Å². The Morgan fingerprint density at radius 1 is 1.00 bits per heavy atom. The highest BCUT2D eigenvalue weighted by molar-refractivity contribution is 5.86. The molecule has 0 atom stereocenters. The number of hydrogen-bond donors (Lipinski definition) is 1. The summed E-state index contributed by atoms with van der Waals surface area (Å²) in [6.45, 7) is 0. The molecule has 0 saturated heterocycles. The lowest BCUT2D eigenvalue weighted by molar-refractivity contribution is 0.401. The fourth-order valence-electron chi connectivity index (χ4n) is 2.10. The fourth-order valence-corrected chi connectivity index (χ4v) is 2.10. The number of pyridine rings is 1. The molecule has 0 radical (unpaired) electrons. The molecule has 0 aliphatic carbocycles. The van der Waals surface area contributed by atoms with Crippen LogP contribution in [0.4, 0.5) is 0 Å². The molecule has 19 heavy (non-hydrogen) atoms. The van der Waals surface area contributed by atoms with Gasteiger partial charge in [-0.3, -0.25) is 0 Å². The molecule has 3 nitrogen and oxygen atoms in total. The molecular weight excluding hydrogens is 238 g/mol. The van der Waals surface area contributed by atoms with Crippen LogP contribution in [0.2, 0.25) is 0 Å². The number of ether oxygens (including phenoxy) is 1. The van der Waals surface area contributed by atoms with Crippen molar-refractivity contribution in [3.05, 3.63) is 54.6 Å². The first kappa shape index (κ1) is 11.5. The molecular formula is C16H13NO2. The Hall–Kier alpha value is -2.55. The van der Waals surface area contributed by atoms with Gasteiger partial charge in [0.1, 0.15) is 5.75 Å². The number of aromatic hydroxyl groups is 1. The number of fused-ring (bicyclic) bond motifs is 1. The third-order valence-electron chi connectivity index (χ3n) is 3.06. The molecule has 1 aromatic heterocycles. The summed E-state index contributed by atoms with van der Waals surface area (Å²) in [4.78, 5) is 4.51. The molecule has 3 aromatic rings. The number of benzene rings is 2. The van der Waals surface area contributed by atoms with Crippen LogP contribution in [0.1, 0.15) is 0 Å². The minimum Gasteiger partial charge on any atom is -0.508 e. The Bertz CT molecular complexity index is 720. The van der Waals surface area contributed by atoms with E-state index >= 15 is 0 Å². The topological polar surface area (TPSA) is 42.4 Å². The molecule has 0 unspecified atom stereocenters. The smallest absolute Gasteiger partial charge is 0.221 e. The Balaban J connectivity index is 2.23. The number of aromatic nitrogens is 1. The highest BCUT2D eigenvalue weighted by Gasteiger charge is 2.09. The standard InChI is InChI=1S/C16H13NO2/c1-19-16-14(11-6-8-13(18)9-7-11)10-12-4-2-3-5-15(12)17-16/h2-10,18H,1H3. The molecule has 94 valence electrons. The average Bonchev–Trinajstić information content (AvgIpc) is 2.46. The first-order chi connectivity index (χ1) is 9.28. The molecule has 3 rings (SSSR count). The van der Waals surface area contributed by atoms with E-state index in [1.807, 2.05) is 42.5 Å². The van der Waals surface area contributed by atoms with Crippen molar-refractivity contribution in [1.82, 2.24) is 4.98 Å². The van der Waals surface area contributed by atoms with E-state index in [1.165, 1.54) is 0 Å². The van der Waals surface area contributed by atoms with E-state index in [4.69, 9.17) is 4.74 Å². The number of para-hydroxylation sites is 1. The van der Waals surface area contributed by atoms with Gasteiger partial charge in [-0.1, -0.05) is 30.3 Å². The summed E-state index contributed by atoms with van der Waals surface area (Å²) >= 11 is 0. The summed E-state index contributed by atoms with van der Waals surface area (Å²) in [5.74, 6) is 0.834. The summed E-state index contributed by atoms with van der Waals surface area (Å²) in [6, 6.07) is 17.0. The van der Waals surface area contributed by atoms with Crippen LogP contribution in [0.25, 0.3) is 22.0 Å². The summed E-state index contributed by atoms with van der Waals surface area (Å²) in [5, 5.41) is 10.4. The van der Waals surface area contributed by atoms with Crippen molar-refractivity contribution in [3.63, 3.8) is 0 Å². The summed E-state index contributed by atoms with van der Waals surface area (Å²) in [6.07, 6.45) is 0. The van der Waals surface area contributed by atoms with Gasteiger partial charge >= 0.3 is 0 Å². The number of methoxy groups -OCH3 is 1. The van der Waals surface area contributed by atoms with Crippen molar-refractivity contribution >= 4 is 10.9 Å². The highest BCUT2D eigenvalue weighted by atomic mass is 16.5. The van der Waals surface area contributed by atoms with Crippen molar-refractivity contribution in [3.8, 4) is 22.8 Å². The first-order valence-corrected chi connectivity index (χ1v) is 6.01. The monoisotopic (exact) mass is 251 g/mol. The fraction of sp³-hybridized carbons (Fsp3) is 0.0625. The van der Waals surface area contributed by atoms with E-state index in [0.29, 0.717) is 5.88 Å². The molecule has 0 aliphatic heterocycles. The van der Waals surface area contributed by atoms with Crippen molar-refractivity contribution in [1.29, 1.82) is 0 Å². The maximum absolute atomic E-state index is 9.35. The summed E-state index contributed by atoms with van der Waals surface area (Å²) in [7, 11) is 1.61. The van der Waals surface area contributed by atoms with Crippen LogP contribution in [0.3, 0.4) is 0 Å². The normalized spacial score (nSPS) is 10.6. The number of hydrogen-bond acceptors (Lipinski definition) is 3. The SMILES string of the molecule is COc1nc2ccccc2cc1-c1ccc(O)cc1. The van der Waals surface area contributed by atoms with Crippen LogP contribution in [0, 0.1) is 0 Å². The van der Waals surface area contributed by atoms with Crippen LogP contribution in [0.15, 0.2) is 54.6 Å². The summed E-state index contributed by atoms with van der Waals surface area (Å²) < 4.78 is 5.36. The van der Waals surface area contributed by atoms with Crippen molar-refractivity contribution < 1.29 is 9.84 Å². The minimum absolute atomic E-state index is 0.247. The molecule has 0 fully saturated rings. The van der Waals surface area contributed by atoms with Gasteiger partial charge in [-0.25, -0.2) is 4.98 Å². The van der Waals surface area contributed by atoms with Crippen LogP contribution in [-0.2, 0) is 0 Å². The number of phenolic OH excluding ortho intramolecular Hbond substituents is 1. The molecule has 1 N–H and O–H groups in total. The van der Waals surface area contributed by atoms with Crippen LogP contribution >= 0.6 is 0 Å². The van der Waals surface area contributed by atoms with E-state index in [9.17, 15) is 5.11 Å². The zero-order valence-corrected chi connectivity index (χ0v) is 10.5. The molecule has 0 amide bonds. The molecule has 0 aliphatic rings. The van der Waals surface area contributed by atoms with Gasteiger partial charge < -0.3 is 9.84 Å². The van der Waals surface area contributed by atoms with Gasteiger partial charge in [0.25, 0.3) is 0 Å². The van der Waals surface area contributed by atoms with E-state index < -0.39 is 0 Å². The van der Waals surface area contributed by atoms with Gasteiger partial charge in [0.05, 0.1) is 12.6 Å². The highest BCUT2D eigenvalue weighted by Crippen LogP contribution is 2.32. The maximum atomic E-state index is 9.35. The number of nitrogens with zero attached hydrogens (tertiary/aromatic N) is 1.